The van der Waals surface area contributed by atoms with Crippen LogP contribution in [0.3, 0.4) is 0 Å². The molecule has 1 saturated heterocycles. The zero-order valence-electron chi connectivity index (χ0n) is 8.88. The molecule has 4 nitrogen and oxygen atoms in total. The molecule has 1 aliphatic heterocycles. The zero-order chi connectivity index (χ0) is 10.7. The first kappa shape index (κ1) is 10.2. The van der Waals surface area contributed by atoms with Gasteiger partial charge in [-0.15, -0.1) is 0 Å². The molecule has 15 heavy (non-hydrogen) atoms. The average Bonchev–Trinajstić information content (AvgIpc) is 2.85. The normalized spacial score (nSPS) is 20.5. The number of furan rings is 1. The van der Waals surface area contributed by atoms with Gasteiger partial charge in [0.05, 0.1) is 12.6 Å². The van der Waals surface area contributed by atoms with E-state index in [9.17, 15) is 4.79 Å². The van der Waals surface area contributed by atoms with Crippen molar-refractivity contribution in [1.29, 1.82) is 0 Å². The van der Waals surface area contributed by atoms with Crippen molar-refractivity contribution in [3.05, 3.63) is 23.7 Å². The molecule has 2 N–H and O–H groups in total. The molecule has 1 atom stereocenters. The Labute approximate surface area is 89.0 Å². The summed E-state index contributed by atoms with van der Waals surface area (Å²) in [6.07, 6.45) is 2.33. The lowest BCUT2D eigenvalue weighted by molar-refractivity contribution is -0.119. The van der Waals surface area contributed by atoms with E-state index in [0.29, 0.717) is 12.6 Å². The maximum atomic E-state index is 10.7. The lowest BCUT2D eigenvalue weighted by Gasteiger charge is -2.05. The Balaban J connectivity index is 1.94. The summed E-state index contributed by atoms with van der Waals surface area (Å²) < 4.78 is 5.64. The summed E-state index contributed by atoms with van der Waals surface area (Å²) in [6, 6.07) is 4.27. The Morgan fingerprint density at radius 1 is 1.67 bits per heavy atom. The molecule has 1 fully saturated rings. The highest BCUT2D eigenvalue weighted by Gasteiger charge is 2.19. The first-order chi connectivity index (χ1) is 7.25. The molecule has 0 bridgehead atoms. The van der Waals surface area contributed by atoms with Gasteiger partial charge in [0.25, 0.3) is 0 Å². The summed E-state index contributed by atoms with van der Waals surface area (Å²) in [5, 5.41) is 6.08. The van der Waals surface area contributed by atoms with Gasteiger partial charge in [-0.05, 0) is 31.5 Å². The van der Waals surface area contributed by atoms with E-state index >= 15 is 0 Å². The van der Waals surface area contributed by atoms with Crippen molar-refractivity contribution < 1.29 is 9.21 Å². The first-order valence-electron chi connectivity index (χ1n) is 5.32. The van der Waals surface area contributed by atoms with Crippen molar-refractivity contribution in [2.45, 2.75) is 32.4 Å². The largest absolute Gasteiger partial charge is 0.463 e. The third-order valence-corrected chi connectivity index (χ3v) is 2.60. The molecule has 82 valence electrons. The summed E-state index contributed by atoms with van der Waals surface area (Å²) in [5.41, 5.74) is 0. The van der Waals surface area contributed by atoms with Gasteiger partial charge >= 0.3 is 0 Å². The fraction of sp³-hybridized carbons (Fsp3) is 0.545. The monoisotopic (exact) mass is 208 g/mol. The van der Waals surface area contributed by atoms with Crippen molar-refractivity contribution in [3.8, 4) is 0 Å². The Kier molecular flexibility index (Phi) is 3.06. The van der Waals surface area contributed by atoms with E-state index in [1.54, 1.807) is 0 Å². The molecule has 0 saturated carbocycles. The quantitative estimate of drug-likeness (QED) is 0.788. The van der Waals surface area contributed by atoms with Crippen LogP contribution in [0.15, 0.2) is 16.5 Å². The summed E-state index contributed by atoms with van der Waals surface area (Å²) in [7, 11) is 0. The predicted octanol–water partition coefficient (Wildman–Crippen LogP) is 1.34. The van der Waals surface area contributed by atoms with Crippen LogP contribution in [0.25, 0.3) is 0 Å². The van der Waals surface area contributed by atoms with Gasteiger partial charge in [-0.25, -0.2) is 0 Å². The molecule has 1 aliphatic rings. The van der Waals surface area contributed by atoms with Gasteiger partial charge in [0, 0.05) is 6.92 Å². The van der Waals surface area contributed by atoms with Gasteiger partial charge in [0.15, 0.2) is 0 Å². The second kappa shape index (κ2) is 4.49. The predicted molar refractivity (Wildman–Crippen MR) is 56.2 cm³/mol. The highest BCUT2D eigenvalue weighted by molar-refractivity contribution is 5.72. The molecule has 2 rings (SSSR count). The summed E-state index contributed by atoms with van der Waals surface area (Å²) >= 11 is 0. The number of carbonyl (C=O) groups excluding carboxylic acids is 1. The van der Waals surface area contributed by atoms with Crippen molar-refractivity contribution in [2.75, 3.05) is 6.54 Å². The van der Waals surface area contributed by atoms with Crippen LogP contribution >= 0.6 is 0 Å². The minimum absolute atomic E-state index is 0.0352. The number of nitrogens with one attached hydrogen (secondary N) is 2. The Bertz CT molecular complexity index is 340. The fourth-order valence-corrected chi connectivity index (χ4v) is 1.82. The Morgan fingerprint density at radius 2 is 2.53 bits per heavy atom. The summed E-state index contributed by atoms with van der Waals surface area (Å²) in [4.78, 5) is 10.7. The zero-order valence-corrected chi connectivity index (χ0v) is 8.88. The van der Waals surface area contributed by atoms with Crippen LogP contribution in [-0.2, 0) is 11.3 Å². The minimum atomic E-state index is -0.0352. The van der Waals surface area contributed by atoms with Crippen LogP contribution in [0.2, 0.25) is 0 Å². The molecule has 0 aliphatic carbocycles. The Hall–Kier alpha value is -1.29. The molecule has 4 heteroatoms. The number of amides is 1. The Morgan fingerprint density at radius 3 is 3.20 bits per heavy atom. The average molecular weight is 208 g/mol. The van der Waals surface area contributed by atoms with Crippen molar-refractivity contribution >= 4 is 5.91 Å². The van der Waals surface area contributed by atoms with Crippen molar-refractivity contribution in [1.82, 2.24) is 10.6 Å². The van der Waals surface area contributed by atoms with Gasteiger partial charge in [0.2, 0.25) is 5.91 Å². The lowest BCUT2D eigenvalue weighted by Crippen LogP contribution is -2.18. The standard InChI is InChI=1S/C11H16N2O2/c1-8(14)13-7-9-4-5-11(15-9)10-3-2-6-12-10/h4-5,10,12H,2-3,6-7H2,1H3,(H,13,14)/t10-/m0/s1. The van der Waals surface area contributed by atoms with E-state index < -0.39 is 0 Å². The number of rotatable bonds is 3. The second-order valence-corrected chi connectivity index (χ2v) is 3.86. The molecule has 1 aromatic rings. The van der Waals surface area contributed by atoms with E-state index in [1.807, 2.05) is 12.1 Å². The van der Waals surface area contributed by atoms with Crippen LogP contribution in [0.5, 0.6) is 0 Å². The number of hydrogen-bond acceptors (Lipinski definition) is 3. The minimum Gasteiger partial charge on any atom is -0.463 e. The third kappa shape index (κ3) is 2.59. The molecule has 0 aromatic carbocycles. The molecule has 2 heterocycles. The number of hydrogen-bond donors (Lipinski definition) is 2. The van der Waals surface area contributed by atoms with Crippen LogP contribution in [0.1, 0.15) is 37.3 Å². The van der Waals surface area contributed by atoms with E-state index in [4.69, 9.17) is 4.42 Å². The van der Waals surface area contributed by atoms with E-state index in [-0.39, 0.29) is 5.91 Å². The van der Waals surface area contributed by atoms with Crippen LogP contribution in [0.4, 0.5) is 0 Å². The van der Waals surface area contributed by atoms with Gasteiger partial charge in [0.1, 0.15) is 11.5 Å². The molecular weight excluding hydrogens is 192 g/mol. The van der Waals surface area contributed by atoms with E-state index in [2.05, 4.69) is 10.6 Å². The lowest BCUT2D eigenvalue weighted by atomic mass is 10.2. The fourth-order valence-electron chi connectivity index (χ4n) is 1.82. The van der Waals surface area contributed by atoms with Crippen molar-refractivity contribution in [2.24, 2.45) is 0 Å². The maximum Gasteiger partial charge on any atom is 0.217 e. The van der Waals surface area contributed by atoms with Gasteiger partial charge in [-0.3, -0.25) is 4.79 Å². The molecule has 1 amide bonds. The van der Waals surface area contributed by atoms with Crippen molar-refractivity contribution in [3.63, 3.8) is 0 Å². The summed E-state index contributed by atoms with van der Waals surface area (Å²) in [5.74, 6) is 1.76. The van der Waals surface area contributed by atoms with Gasteiger partial charge in [-0.2, -0.15) is 0 Å². The van der Waals surface area contributed by atoms with Crippen LogP contribution in [-0.4, -0.2) is 12.5 Å². The molecule has 0 radical (unpaired) electrons. The topological polar surface area (TPSA) is 54.3 Å². The SMILES string of the molecule is CC(=O)NCc1ccc([C@@H]2CCCN2)o1. The van der Waals surface area contributed by atoms with E-state index in [0.717, 1.165) is 24.5 Å². The van der Waals surface area contributed by atoms with Gasteiger partial charge in [-0.1, -0.05) is 0 Å². The number of carbonyl (C=O) groups is 1. The molecule has 1 aromatic heterocycles. The first-order valence-corrected chi connectivity index (χ1v) is 5.32. The molecule has 0 spiro atoms. The second-order valence-electron chi connectivity index (χ2n) is 3.86. The van der Waals surface area contributed by atoms with Crippen LogP contribution in [0, 0.1) is 0 Å². The molecule has 0 unspecified atom stereocenters. The maximum absolute atomic E-state index is 10.7. The molecular formula is C11H16N2O2. The van der Waals surface area contributed by atoms with Gasteiger partial charge < -0.3 is 15.1 Å². The third-order valence-electron chi connectivity index (χ3n) is 2.60. The smallest absolute Gasteiger partial charge is 0.217 e. The van der Waals surface area contributed by atoms with Crippen LogP contribution < -0.4 is 10.6 Å². The van der Waals surface area contributed by atoms with E-state index in [1.165, 1.54) is 13.3 Å². The highest BCUT2D eigenvalue weighted by atomic mass is 16.3. The summed E-state index contributed by atoms with van der Waals surface area (Å²) in [6.45, 7) is 3.04. The highest BCUT2D eigenvalue weighted by Crippen LogP contribution is 2.24.